The molecule has 78 valence electrons. The second-order valence-electron chi connectivity index (χ2n) is 4.61. The molecule has 2 heteroatoms. The molecule has 0 spiro atoms. The smallest absolute Gasteiger partial charge is 0.249 e. The normalized spacial score (nSPS) is 24.7. The monoisotopic (exact) mass is 193 g/mol. The quantitative estimate of drug-likeness (QED) is 0.616. The largest absolute Gasteiger partial charge is 0.338 e. The van der Waals surface area contributed by atoms with E-state index in [0.717, 1.165) is 31.0 Å². The van der Waals surface area contributed by atoms with E-state index >= 15 is 0 Å². The number of carbonyl (C=O) groups excluding carboxylic acids is 1. The van der Waals surface area contributed by atoms with Gasteiger partial charge in [-0.05, 0) is 25.2 Å². The van der Waals surface area contributed by atoms with Gasteiger partial charge >= 0.3 is 0 Å². The molecule has 2 nitrogen and oxygen atoms in total. The zero-order valence-electron chi connectivity index (χ0n) is 8.80. The summed E-state index contributed by atoms with van der Waals surface area (Å²) in [5.41, 5.74) is 0.806. The molecule has 1 saturated carbocycles. The number of hydrogen-bond donors (Lipinski definition) is 0. The highest BCUT2D eigenvalue weighted by Gasteiger charge is 2.26. The first-order chi connectivity index (χ1) is 6.77. The van der Waals surface area contributed by atoms with Gasteiger partial charge in [-0.3, -0.25) is 4.79 Å². The highest BCUT2D eigenvalue weighted by atomic mass is 16.2. The van der Waals surface area contributed by atoms with Crippen molar-refractivity contribution in [2.45, 2.75) is 38.5 Å². The average molecular weight is 193 g/mol. The standard InChI is InChI=1S/C12H19NO/c1-10-7-8-13(12(10)14)9-11-5-3-2-4-6-11/h11H,1-9H2. The van der Waals surface area contributed by atoms with Crippen LogP contribution in [-0.4, -0.2) is 23.9 Å². The Labute approximate surface area is 86.0 Å². The van der Waals surface area contributed by atoms with Crippen LogP contribution in [0, 0.1) is 5.92 Å². The second kappa shape index (κ2) is 4.16. The van der Waals surface area contributed by atoms with Gasteiger partial charge in [0, 0.05) is 18.7 Å². The molecule has 2 fully saturated rings. The Morgan fingerprint density at radius 3 is 2.57 bits per heavy atom. The Kier molecular flexibility index (Phi) is 2.90. The van der Waals surface area contributed by atoms with E-state index < -0.39 is 0 Å². The van der Waals surface area contributed by atoms with Gasteiger partial charge in [-0.2, -0.15) is 0 Å². The van der Waals surface area contributed by atoms with Gasteiger partial charge in [-0.25, -0.2) is 0 Å². The number of nitrogens with zero attached hydrogens (tertiary/aromatic N) is 1. The third kappa shape index (κ3) is 1.99. The van der Waals surface area contributed by atoms with Crippen molar-refractivity contribution >= 4 is 5.91 Å². The predicted molar refractivity (Wildman–Crippen MR) is 56.9 cm³/mol. The van der Waals surface area contributed by atoms with Crippen molar-refractivity contribution in [3.8, 4) is 0 Å². The summed E-state index contributed by atoms with van der Waals surface area (Å²) in [6.45, 7) is 5.68. The number of amides is 1. The number of carbonyl (C=O) groups is 1. The maximum atomic E-state index is 11.6. The molecule has 2 aliphatic rings. The SMILES string of the molecule is C=C1CCN(CC2CCCCC2)C1=O. The van der Waals surface area contributed by atoms with Gasteiger partial charge in [-0.1, -0.05) is 25.8 Å². The van der Waals surface area contributed by atoms with Crippen LogP contribution in [0.5, 0.6) is 0 Å². The van der Waals surface area contributed by atoms with Crippen LogP contribution in [0.1, 0.15) is 38.5 Å². The van der Waals surface area contributed by atoms with E-state index in [0.29, 0.717) is 0 Å². The Morgan fingerprint density at radius 1 is 1.29 bits per heavy atom. The van der Waals surface area contributed by atoms with E-state index in [9.17, 15) is 4.79 Å². The third-order valence-electron chi connectivity index (χ3n) is 3.48. The number of hydrogen-bond acceptors (Lipinski definition) is 1. The van der Waals surface area contributed by atoms with Crippen LogP contribution in [0.2, 0.25) is 0 Å². The molecule has 1 saturated heterocycles. The van der Waals surface area contributed by atoms with Crippen molar-refractivity contribution in [3.63, 3.8) is 0 Å². The van der Waals surface area contributed by atoms with Crippen molar-refractivity contribution in [3.05, 3.63) is 12.2 Å². The van der Waals surface area contributed by atoms with E-state index in [-0.39, 0.29) is 5.91 Å². The first-order valence-corrected chi connectivity index (χ1v) is 5.74. The Morgan fingerprint density at radius 2 is 2.00 bits per heavy atom. The van der Waals surface area contributed by atoms with Crippen LogP contribution in [-0.2, 0) is 4.79 Å². The molecule has 0 bridgehead atoms. The molecule has 0 radical (unpaired) electrons. The molecule has 0 aromatic rings. The van der Waals surface area contributed by atoms with Crippen LogP contribution in [0.4, 0.5) is 0 Å². The van der Waals surface area contributed by atoms with Crippen molar-refractivity contribution in [2.75, 3.05) is 13.1 Å². The minimum Gasteiger partial charge on any atom is -0.338 e. The summed E-state index contributed by atoms with van der Waals surface area (Å²) in [6.07, 6.45) is 7.61. The van der Waals surface area contributed by atoms with Crippen LogP contribution < -0.4 is 0 Å². The molecule has 0 N–H and O–H groups in total. The molecule has 1 aliphatic heterocycles. The van der Waals surface area contributed by atoms with Gasteiger partial charge in [0.15, 0.2) is 0 Å². The van der Waals surface area contributed by atoms with Gasteiger partial charge in [0.05, 0.1) is 0 Å². The van der Waals surface area contributed by atoms with Gasteiger partial charge < -0.3 is 4.90 Å². The van der Waals surface area contributed by atoms with E-state index in [4.69, 9.17) is 0 Å². The zero-order valence-corrected chi connectivity index (χ0v) is 8.80. The van der Waals surface area contributed by atoms with Crippen LogP contribution in [0.25, 0.3) is 0 Å². The fraction of sp³-hybridized carbons (Fsp3) is 0.750. The van der Waals surface area contributed by atoms with Crippen LogP contribution in [0.3, 0.4) is 0 Å². The summed E-state index contributed by atoms with van der Waals surface area (Å²) in [4.78, 5) is 13.6. The lowest BCUT2D eigenvalue weighted by Gasteiger charge is -2.26. The van der Waals surface area contributed by atoms with Gasteiger partial charge in [0.25, 0.3) is 0 Å². The fourth-order valence-corrected chi connectivity index (χ4v) is 2.56. The Bertz CT molecular complexity index is 241. The van der Waals surface area contributed by atoms with Crippen LogP contribution >= 0.6 is 0 Å². The summed E-state index contributed by atoms with van der Waals surface area (Å²) >= 11 is 0. The summed E-state index contributed by atoms with van der Waals surface area (Å²) in [7, 11) is 0. The fourth-order valence-electron chi connectivity index (χ4n) is 2.56. The zero-order chi connectivity index (χ0) is 9.97. The van der Waals surface area contributed by atoms with E-state index in [1.54, 1.807) is 0 Å². The van der Waals surface area contributed by atoms with Gasteiger partial charge in [0.1, 0.15) is 0 Å². The molecule has 0 atom stereocenters. The van der Waals surface area contributed by atoms with Gasteiger partial charge in [0.2, 0.25) is 5.91 Å². The molecule has 0 aromatic carbocycles. The lowest BCUT2D eigenvalue weighted by Crippen LogP contribution is -2.31. The molecule has 2 rings (SSSR count). The summed E-state index contributed by atoms with van der Waals surface area (Å²) in [6, 6.07) is 0. The second-order valence-corrected chi connectivity index (χ2v) is 4.61. The van der Waals surface area contributed by atoms with E-state index in [1.807, 2.05) is 4.90 Å². The number of likely N-dealkylation sites (tertiary alicyclic amines) is 1. The predicted octanol–water partition coefficient (Wildman–Crippen LogP) is 2.36. The van der Waals surface area contributed by atoms with Crippen molar-refractivity contribution < 1.29 is 4.79 Å². The molecule has 1 aliphatic carbocycles. The van der Waals surface area contributed by atoms with E-state index in [2.05, 4.69) is 6.58 Å². The highest BCUT2D eigenvalue weighted by molar-refractivity contribution is 5.94. The maximum Gasteiger partial charge on any atom is 0.249 e. The lowest BCUT2D eigenvalue weighted by atomic mass is 9.89. The van der Waals surface area contributed by atoms with Crippen molar-refractivity contribution in [1.82, 2.24) is 4.90 Å². The molecule has 0 unspecified atom stereocenters. The first-order valence-electron chi connectivity index (χ1n) is 5.74. The first kappa shape index (κ1) is 9.75. The Hall–Kier alpha value is -0.790. The molecule has 1 amide bonds. The third-order valence-corrected chi connectivity index (χ3v) is 3.48. The molecule has 1 heterocycles. The maximum absolute atomic E-state index is 11.6. The minimum absolute atomic E-state index is 0.204. The molecular formula is C12H19NO. The Balaban J connectivity index is 1.85. The van der Waals surface area contributed by atoms with Crippen molar-refractivity contribution in [2.24, 2.45) is 5.92 Å². The molecule has 14 heavy (non-hydrogen) atoms. The van der Waals surface area contributed by atoms with Gasteiger partial charge in [-0.15, -0.1) is 0 Å². The number of rotatable bonds is 2. The molecular weight excluding hydrogens is 174 g/mol. The van der Waals surface area contributed by atoms with Crippen molar-refractivity contribution in [1.29, 1.82) is 0 Å². The summed E-state index contributed by atoms with van der Waals surface area (Å²) in [5.74, 6) is 0.967. The average Bonchev–Trinajstić information content (AvgIpc) is 2.52. The topological polar surface area (TPSA) is 20.3 Å². The highest BCUT2D eigenvalue weighted by Crippen LogP contribution is 2.26. The lowest BCUT2D eigenvalue weighted by molar-refractivity contribution is -0.125. The molecule has 0 aromatic heterocycles. The minimum atomic E-state index is 0.204. The summed E-state index contributed by atoms with van der Waals surface area (Å²) in [5, 5.41) is 0. The van der Waals surface area contributed by atoms with Crippen LogP contribution in [0.15, 0.2) is 12.2 Å². The van der Waals surface area contributed by atoms with E-state index in [1.165, 1.54) is 32.1 Å². The summed E-state index contributed by atoms with van der Waals surface area (Å²) < 4.78 is 0.